The van der Waals surface area contributed by atoms with Crippen LogP contribution in [0.3, 0.4) is 0 Å². The highest BCUT2D eigenvalue weighted by Crippen LogP contribution is 2.65. The molecular weight excluding hydrogens is 418 g/mol. The molecule has 2 aromatic rings. The number of halogens is 2. The number of carbonyl (C=O) groups is 1. The number of fused-ring (bicyclic) bond motifs is 2. The van der Waals surface area contributed by atoms with E-state index in [0.717, 1.165) is 0 Å². The number of carbonyl (C=O) groups excluding carboxylic acids is 1. The number of hydrogen-bond acceptors (Lipinski definition) is 5. The van der Waals surface area contributed by atoms with E-state index in [1.165, 1.54) is 11.6 Å². The molecule has 1 saturated heterocycles. The number of nitrogens with two attached hydrogens (primary N) is 1. The van der Waals surface area contributed by atoms with Crippen LogP contribution in [0.15, 0.2) is 36.5 Å². The van der Waals surface area contributed by atoms with Crippen LogP contribution in [0.1, 0.15) is 35.0 Å². The highest BCUT2D eigenvalue weighted by molar-refractivity contribution is 5.93. The summed E-state index contributed by atoms with van der Waals surface area (Å²) in [4.78, 5) is 13.8. The molecule has 1 saturated carbocycles. The topological polar surface area (TPSA) is 93.6 Å². The van der Waals surface area contributed by atoms with Crippen molar-refractivity contribution in [3.63, 3.8) is 0 Å². The van der Waals surface area contributed by atoms with Crippen molar-refractivity contribution < 1.29 is 23.4 Å². The number of likely N-dealkylation sites (tertiary alicyclic amines) is 1. The van der Waals surface area contributed by atoms with Crippen molar-refractivity contribution in [2.24, 2.45) is 11.7 Å². The maximum Gasteiger partial charge on any atom is 0.294 e. The Balaban J connectivity index is 1.54. The SMILES string of the molecule is C=C1N(C)CC[C@@]1(O)C#Cc1cccc(-n2nc(C(N)=O)c3c2O[C@]2(C)C(C3)C2(F)F)c1. The number of alkyl halides is 2. The lowest BCUT2D eigenvalue weighted by Gasteiger charge is -2.20. The average Bonchev–Trinajstić information content (AvgIpc) is 3.02. The van der Waals surface area contributed by atoms with Crippen molar-refractivity contribution in [2.75, 3.05) is 13.6 Å². The lowest BCUT2D eigenvalue weighted by atomic mass is 10.0. The lowest BCUT2D eigenvalue weighted by Crippen LogP contribution is -2.27. The van der Waals surface area contributed by atoms with Gasteiger partial charge in [-0.25, -0.2) is 8.78 Å². The largest absolute Gasteiger partial charge is 0.464 e. The fourth-order valence-electron chi connectivity index (χ4n) is 4.50. The van der Waals surface area contributed by atoms with Gasteiger partial charge in [-0.3, -0.25) is 4.79 Å². The van der Waals surface area contributed by atoms with Crippen LogP contribution in [0.25, 0.3) is 5.69 Å². The Kier molecular flexibility index (Phi) is 4.06. The van der Waals surface area contributed by atoms with Crippen LogP contribution in [0, 0.1) is 17.8 Å². The van der Waals surface area contributed by atoms with Crippen LogP contribution >= 0.6 is 0 Å². The Morgan fingerprint density at radius 2 is 2.19 bits per heavy atom. The fraction of sp³-hybridized carbons (Fsp3) is 0.391. The molecule has 32 heavy (non-hydrogen) atoms. The Bertz CT molecular complexity index is 1240. The molecule has 1 aromatic heterocycles. The summed E-state index contributed by atoms with van der Waals surface area (Å²) < 4.78 is 35.6. The summed E-state index contributed by atoms with van der Waals surface area (Å²) in [5.74, 6) is 1.10. The number of benzene rings is 1. The van der Waals surface area contributed by atoms with Gasteiger partial charge >= 0.3 is 0 Å². The van der Waals surface area contributed by atoms with Crippen LogP contribution in [0.4, 0.5) is 8.78 Å². The molecule has 2 aliphatic heterocycles. The van der Waals surface area contributed by atoms with Crippen molar-refractivity contribution >= 4 is 5.91 Å². The minimum atomic E-state index is -2.99. The van der Waals surface area contributed by atoms with Gasteiger partial charge in [0.15, 0.2) is 16.9 Å². The van der Waals surface area contributed by atoms with E-state index in [0.29, 0.717) is 29.9 Å². The van der Waals surface area contributed by atoms with Gasteiger partial charge in [-0.05, 0) is 31.5 Å². The van der Waals surface area contributed by atoms with Crippen molar-refractivity contribution in [1.82, 2.24) is 14.7 Å². The second-order valence-corrected chi connectivity index (χ2v) is 8.78. The third kappa shape index (κ3) is 2.69. The van der Waals surface area contributed by atoms with Gasteiger partial charge in [0.05, 0.1) is 17.3 Å². The van der Waals surface area contributed by atoms with Crippen LogP contribution in [0.5, 0.6) is 5.88 Å². The number of likely N-dealkylation sites (N-methyl/N-ethyl adjacent to an activating group) is 1. The average molecular weight is 440 g/mol. The first-order chi connectivity index (χ1) is 15.0. The van der Waals surface area contributed by atoms with Crippen molar-refractivity contribution in [3.8, 4) is 23.4 Å². The van der Waals surface area contributed by atoms with E-state index >= 15 is 0 Å². The molecule has 0 bridgehead atoms. The zero-order chi connectivity index (χ0) is 23.1. The predicted octanol–water partition coefficient (Wildman–Crippen LogP) is 1.86. The minimum Gasteiger partial charge on any atom is -0.464 e. The molecule has 1 unspecified atom stereocenters. The quantitative estimate of drug-likeness (QED) is 0.696. The second-order valence-electron chi connectivity index (χ2n) is 8.78. The van der Waals surface area contributed by atoms with Gasteiger partial charge in [0.25, 0.3) is 11.8 Å². The summed E-state index contributed by atoms with van der Waals surface area (Å²) in [7, 11) is 1.84. The van der Waals surface area contributed by atoms with Gasteiger partial charge in [-0.15, -0.1) is 0 Å². The highest BCUT2D eigenvalue weighted by atomic mass is 19.3. The van der Waals surface area contributed by atoms with Crippen molar-refractivity contribution in [3.05, 3.63) is 53.4 Å². The van der Waals surface area contributed by atoms with Crippen molar-refractivity contribution in [1.29, 1.82) is 0 Å². The molecule has 1 amide bonds. The zero-order valence-corrected chi connectivity index (χ0v) is 17.7. The number of aliphatic hydroxyl groups is 1. The van der Waals surface area contributed by atoms with Gasteiger partial charge in [-0.1, -0.05) is 24.5 Å². The monoisotopic (exact) mass is 440 g/mol. The number of ether oxygens (including phenoxy) is 1. The Morgan fingerprint density at radius 1 is 1.44 bits per heavy atom. The first kappa shape index (κ1) is 20.5. The minimum absolute atomic E-state index is 0.0424. The highest BCUT2D eigenvalue weighted by Gasteiger charge is 2.82. The van der Waals surface area contributed by atoms with E-state index in [1.807, 2.05) is 11.9 Å². The molecule has 166 valence electrons. The van der Waals surface area contributed by atoms with Gasteiger partial charge in [0.2, 0.25) is 5.88 Å². The molecule has 0 spiro atoms. The van der Waals surface area contributed by atoms with Gasteiger partial charge < -0.3 is 20.5 Å². The maximum atomic E-state index is 14.3. The van der Waals surface area contributed by atoms with Gasteiger partial charge in [-0.2, -0.15) is 9.78 Å². The third-order valence-corrected chi connectivity index (χ3v) is 6.82. The van der Waals surface area contributed by atoms with Crippen molar-refractivity contribution in [2.45, 2.75) is 36.9 Å². The molecule has 0 radical (unpaired) electrons. The summed E-state index contributed by atoms with van der Waals surface area (Å²) in [5.41, 5.74) is 4.29. The zero-order valence-electron chi connectivity index (χ0n) is 17.7. The van der Waals surface area contributed by atoms with Crippen LogP contribution in [-0.2, 0) is 6.42 Å². The number of amides is 1. The molecule has 2 fully saturated rings. The van der Waals surface area contributed by atoms with E-state index in [2.05, 4.69) is 23.5 Å². The second kappa shape index (κ2) is 6.33. The standard InChI is InChI=1S/C23H22F2N4O3/c1-13-22(31,9-10-28(13)3)8-7-14-5-4-6-15(11-14)29-20-16(18(27-29)19(26)30)12-17-21(2,32-20)23(17,24)25/h4-6,11,17,31H,1,9-10,12H2,2-3H3,(H2,26,30)/t17?,21-,22+/m1/s1. The van der Waals surface area contributed by atoms with Gasteiger partial charge in [0.1, 0.15) is 0 Å². The van der Waals surface area contributed by atoms with E-state index in [4.69, 9.17) is 10.5 Å². The van der Waals surface area contributed by atoms with Gasteiger partial charge in [0, 0.05) is 31.1 Å². The Morgan fingerprint density at radius 3 is 2.84 bits per heavy atom. The fourth-order valence-corrected chi connectivity index (χ4v) is 4.50. The van der Waals surface area contributed by atoms with Crippen LogP contribution in [-0.4, -0.2) is 56.4 Å². The van der Waals surface area contributed by atoms with E-state index in [9.17, 15) is 18.7 Å². The normalized spacial score (nSPS) is 29.5. The number of rotatable bonds is 2. The molecular formula is C23H22F2N4O3. The lowest BCUT2D eigenvalue weighted by molar-refractivity contribution is 0.0168. The maximum absolute atomic E-state index is 14.3. The smallest absolute Gasteiger partial charge is 0.294 e. The number of primary amides is 1. The third-order valence-electron chi connectivity index (χ3n) is 6.82. The van der Waals surface area contributed by atoms with Crippen LogP contribution < -0.4 is 10.5 Å². The molecule has 1 aromatic carbocycles. The van der Waals surface area contributed by atoms with Crippen LogP contribution in [0.2, 0.25) is 0 Å². The molecule has 1 aliphatic carbocycles. The predicted molar refractivity (Wildman–Crippen MR) is 111 cm³/mol. The molecule has 3 heterocycles. The van der Waals surface area contributed by atoms with E-state index in [-0.39, 0.29) is 23.6 Å². The summed E-state index contributed by atoms with van der Waals surface area (Å²) in [6.07, 6.45) is 0.407. The summed E-state index contributed by atoms with van der Waals surface area (Å²) >= 11 is 0. The summed E-state index contributed by atoms with van der Waals surface area (Å²) in [5, 5.41) is 15.0. The Labute approximate surface area is 183 Å². The van der Waals surface area contributed by atoms with E-state index < -0.39 is 28.9 Å². The summed E-state index contributed by atoms with van der Waals surface area (Å²) in [6, 6.07) is 6.84. The Hall–Kier alpha value is -3.38. The number of hydrogen-bond donors (Lipinski definition) is 2. The van der Waals surface area contributed by atoms with E-state index in [1.54, 1.807) is 24.3 Å². The molecule has 3 atom stereocenters. The molecule has 7 nitrogen and oxygen atoms in total. The summed E-state index contributed by atoms with van der Waals surface area (Å²) in [6.45, 7) is 5.91. The molecule has 3 aliphatic rings. The first-order valence-corrected chi connectivity index (χ1v) is 10.2. The number of aromatic nitrogens is 2. The molecule has 9 heteroatoms. The molecule has 5 rings (SSSR count). The molecule has 3 N–H and O–H groups in total. The first-order valence-electron chi connectivity index (χ1n) is 10.2. The number of nitrogens with zero attached hydrogens (tertiary/aromatic N) is 3.